The first-order chi connectivity index (χ1) is 9.97. The molecule has 0 radical (unpaired) electrons. The van der Waals surface area contributed by atoms with Gasteiger partial charge in [-0.2, -0.15) is 5.10 Å². The van der Waals surface area contributed by atoms with Crippen LogP contribution in [0.4, 0.5) is 10.1 Å². The number of aryl methyl sites for hydroxylation is 2. The van der Waals surface area contributed by atoms with E-state index in [1.807, 2.05) is 11.6 Å². The van der Waals surface area contributed by atoms with Crippen LogP contribution < -0.4 is 5.32 Å². The lowest BCUT2D eigenvalue weighted by molar-refractivity contribution is 0.618. The van der Waals surface area contributed by atoms with Crippen LogP contribution in [0.5, 0.6) is 0 Å². The molecule has 0 atom stereocenters. The summed E-state index contributed by atoms with van der Waals surface area (Å²) in [6.45, 7) is 5.41. The molecule has 0 saturated heterocycles. The van der Waals surface area contributed by atoms with Crippen LogP contribution in [0.15, 0.2) is 16.6 Å². The molecule has 7 heteroatoms. The summed E-state index contributed by atoms with van der Waals surface area (Å²) in [6, 6.07) is 3.04. The highest BCUT2D eigenvalue weighted by Gasteiger charge is 2.14. The van der Waals surface area contributed by atoms with Gasteiger partial charge in [0.25, 0.3) is 0 Å². The van der Waals surface area contributed by atoms with Crippen LogP contribution in [-0.2, 0) is 19.5 Å². The van der Waals surface area contributed by atoms with Gasteiger partial charge in [0.15, 0.2) is 5.82 Å². The van der Waals surface area contributed by atoms with Crippen LogP contribution in [0.1, 0.15) is 25.2 Å². The fourth-order valence-electron chi connectivity index (χ4n) is 2.03. The summed E-state index contributed by atoms with van der Waals surface area (Å²) in [4.78, 5) is 0. The molecule has 114 valence electrons. The van der Waals surface area contributed by atoms with Gasteiger partial charge in [-0.25, -0.2) is 4.39 Å². The lowest BCUT2D eigenvalue weighted by Crippen LogP contribution is -2.08. The average Bonchev–Trinajstić information content (AvgIpc) is 2.78. The Kier molecular flexibility index (Phi) is 5.52. The summed E-state index contributed by atoms with van der Waals surface area (Å²) in [5.41, 5.74) is 2.72. The number of nitrogens with zero attached hydrogens (tertiary/aromatic N) is 2. The van der Waals surface area contributed by atoms with Crippen molar-refractivity contribution in [3.63, 3.8) is 0 Å². The molecule has 0 unspecified atom stereocenters. The smallest absolute Gasteiger partial charge is 0.160 e. The Bertz CT molecular complexity index is 635. The van der Waals surface area contributed by atoms with Gasteiger partial charge in [0.1, 0.15) is 0 Å². The number of hydrogen-bond acceptors (Lipinski definition) is 2. The summed E-state index contributed by atoms with van der Waals surface area (Å²) in [7, 11) is 0. The number of halogens is 4. The highest BCUT2D eigenvalue weighted by molar-refractivity contribution is 9.10. The van der Waals surface area contributed by atoms with Crippen molar-refractivity contribution in [3.8, 4) is 0 Å². The predicted molar refractivity (Wildman–Crippen MR) is 88.7 cm³/mol. The summed E-state index contributed by atoms with van der Waals surface area (Å²) in [5, 5.41) is 7.73. The fourth-order valence-corrected chi connectivity index (χ4v) is 3.22. The Labute approximate surface area is 141 Å². The van der Waals surface area contributed by atoms with Gasteiger partial charge in [-0.1, -0.05) is 30.1 Å². The van der Waals surface area contributed by atoms with Crippen molar-refractivity contribution < 1.29 is 4.39 Å². The van der Waals surface area contributed by atoms with Crippen molar-refractivity contribution in [2.75, 3.05) is 5.32 Å². The molecule has 1 heterocycles. The fraction of sp³-hybridized carbons (Fsp3) is 0.357. The Morgan fingerprint density at radius 2 is 1.90 bits per heavy atom. The second-order valence-corrected chi connectivity index (χ2v) is 6.09. The molecule has 2 rings (SSSR count). The summed E-state index contributed by atoms with van der Waals surface area (Å²) in [6.07, 6.45) is 0.856. The molecular formula is C14H15BrCl2FN3. The van der Waals surface area contributed by atoms with Gasteiger partial charge >= 0.3 is 0 Å². The molecule has 0 aliphatic rings. The second-order valence-electron chi connectivity index (χ2n) is 4.48. The van der Waals surface area contributed by atoms with Gasteiger partial charge in [0.2, 0.25) is 0 Å². The first-order valence-electron chi connectivity index (χ1n) is 6.60. The first-order valence-corrected chi connectivity index (χ1v) is 8.15. The molecule has 0 amide bonds. The standard InChI is InChI=1S/C14H15BrCl2FN3/c1-3-11-13(15)12(21(4-2)20-11)7-19-8-5-9(16)14(18)10(17)6-8/h5-6,19H,3-4,7H2,1-2H3. The van der Waals surface area contributed by atoms with Gasteiger partial charge in [0.05, 0.1) is 32.5 Å². The van der Waals surface area contributed by atoms with Crippen molar-refractivity contribution in [2.45, 2.75) is 33.4 Å². The third-order valence-corrected chi connectivity index (χ3v) is 4.60. The number of rotatable bonds is 5. The normalized spacial score (nSPS) is 11.0. The maximum atomic E-state index is 13.4. The largest absolute Gasteiger partial charge is 0.379 e. The zero-order chi connectivity index (χ0) is 15.6. The number of anilines is 1. The Morgan fingerprint density at radius 1 is 1.29 bits per heavy atom. The molecule has 21 heavy (non-hydrogen) atoms. The van der Waals surface area contributed by atoms with Crippen molar-refractivity contribution in [3.05, 3.63) is 43.9 Å². The van der Waals surface area contributed by atoms with Gasteiger partial charge < -0.3 is 5.32 Å². The Hall–Kier alpha value is -0.780. The van der Waals surface area contributed by atoms with Gasteiger partial charge in [0, 0.05) is 12.2 Å². The van der Waals surface area contributed by atoms with Crippen LogP contribution in [0.3, 0.4) is 0 Å². The molecule has 1 aromatic carbocycles. The third kappa shape index (κ3) is 3.52. The molecule has 1 N–H and O–H groups in total. The molecule has 2 aromatic rings. The van der Waals surface area contributed by atoms with Crippen molar-refractivity contribution in [1.29, 1.82) is 0 Å². The second kappa shape index (κ2) is 6.99. The van der Waals surface area contributed by atoms with Gasteiger partial charge in [-0.15, -0.1) is 0 Å². The molecule has 0 aliphatic heterocycles. The monoisotopic (exact) mass is 393 g/mol. The van der Waals surface area contributed by atoms with Crippen molar-refractivity contribution in [1.82, 2.24) is 9.78 Å². The number of aromatic nitrogens is 2. The van der Waals surface area contributed by atoms with Crippen molar-refractivity contribution >= 4 is 44.8 Å². The lowest BCUT2D eigenvalue weighted by Gasteiger charge is -2.10. The highest BCUT2D eigenvalue weighted by atomic mass is 79.9. The molecule has 0 fully saturated rings. The van der Waals surface area contributed by atoms with E-state index in [2.05, 4.69) is 33.3 Å². The zero-order valence-corrected chi connectivity index (χ0v) is 14.8. The molecule has 0 bridgehead atoms. The summed E-state index contributed by atoms with van der Waals surface area (Å²) >= 11 is 15.2. The van der Waals surface area contributed by atoms with E-state index in [-0.39, 0.29) is 10.0 Å². The Balaban J connectivity index is 2.22. The van der Waals surface area contributed by atoms with Crippen LogP contribution >= 0.6 is 39.1 Å². The molecule has 0 aliphatic carbocycles. The van der Waals surface area contributed by atoms with Crippen LogP contribution in [-0.4, -0.2) is 9.78 Å². The molecule has 3 nitrogen and oxygen atoms in total. The minimum Gasteiger partial charge on any atom is -0.379 e. The Morgan fingerprint density at radius 3 is 2.43 bits per heavy atom. The van der Waals surface area contributed by atoms with E-state index in [0.717, 1.165) is 28.8 Å². The van der Waals surface area contributed by atoms with E-state index in [4.69, 9.17) is 23.2 Å². The van der Waals surface area contributed by atoms with Crippen LogP contribution in [0.2, 0.25) is 10.0 Å². The molecular weight excluding hydrogens is 380 g/mol. The van der Waals surface area contributed by atoms with Gasteiger partial charge in [-0.05, 0) is 41.4 Å². The quantitative estimate of drug-likeness (QED) is 0.698. The van der Waals surface area contributed by atoms with Crippen molar-refractivity contribution in [2.24, 2.45) is 0 Å². The van der Waals surface area contributed by atoms with E-state index >= 15 is 0 Å². The third-order valence-electron chi connectivity index (χ3n) is 3.14. The van der Waals surface area contributed by atoms with E-state index < -0.39 is 5.82 Å². The molecule has 0 saturated carbocycles. The van der Waals surface area contributed by atoms with E-state index in [9.17, 15) is 4.39 Å². The van der Waals surface area contributed by atoms with Gasteiger partial charge in [-0.3, -0.25) is 4.68 Å². The molecule has 1 aromatic heterocycles. The van der Waals surface area contributed by atoms with E-state index in [1.54, 1.807) is 0 Å². The summed E-state index contributed by atoms with van der Waals surface area (Å²) < 4.78 is 16.3. The highest BCUT2D eigenvalue weighted by Crippen LogP contribution is 2.28. The minimum absolute atomic E-state index is 0.00214. The number of nitrogens with one attached hydrogen (secondary N) is 1. The predicted octanol–water partition coefficient (Wildman–Crippen LogP) is 5.29. The lowest BCUT2D eigenvalue weighted by atomic mass is 10.2. The maximum absolute atomic E-state index is 13.4. The number of benzene rings is 1. The van der Waals surface area contributed by atoms with E-state index in [0.29, 0.717) is 12.2 Å². The first kappa shape index (κ1) is 16.6. The summed E-state index contributed by atoms with van der Waals surface area (Å²) in [5.74, 6) is -0.600. The average molecular weight is 395 g/mol. The maximum Gasteiger partial charge on any atom is 0.160 e. The topological polar surface area (TPSA) is 29.9 Å². The van der Waals surface area contributed by atoms with Crippen LogP contribution in [0, 0.1) is 5.82 Å². The van der Waals surface area contributed by atoms with E-state index in [1.165, 1.54) is 12.1 Å². The zero-order valence-electron chi connectivity index (χ0n) is 11.7. The molecule has 0 spiro atoms. The minimum atomic E-state index is -0.600. The van der Waals surface area contributed by atoms with Crippen LogP contribution in [0.25, 0.3) is 0 Å². The SMILES string of the molecule is CCc1nn(CC)c(CNc2cc(Cl)c(F)c(Cl)c2)c1Br. The number of hydrogen-bond donors (Lipinski definition) is 1.